The lowest BCUT2D eigenvalue weighted by molar-refractivity contribution is 0.193. The number of benzene rings is 3. The number of nitrogens with one attached hydrogen (secondary N) is 1. The Balaban J connectivity index is 1.52. The maximum Gasteiger partial charge on any atom is 0.165 e. The molecule has 1 aliphatic rings. The number of fused-ring (bicyclic) bond motifs is 1. The van der Waals surface area contributed by atoms with Gasteiger partial charge in [-0.25, -0.2) is 4.39 Å². The van der Waals surface area contributed by atoms with Crippen molar-refractivity contribution in [2.24, 2.45) is 0 Å². The summed E-state index contributed by atoms with van der Waals surface area (Å²) in [6, 6.07) is 15.0. The normalized spacial score (nSPS) is 14.4. The third kappa shape index (κ3) is 7.83. The summed E-state index contributed by atoms with van der Waals surface area (Å²) >= 11 is 0. The Kier molecular flexibility index (Phi) is 11.1. The fourth-order valence-electron chi connectivity index (χ4n) is 5.54. The van der Waals surface area contributed by atoms with Crippen molar-refractivity contribution in [1.82, 2.24) is 5.32 Å². The third-order valence-electron chi connectivity index (χ3n) is 7.72. The first kappa shape index (κ1) is 30.5. The predicted molar refractivity (Wildman–Crippen MR) is 160 cm³/mol. The summed E-state index contributed by atoms with van der Waals surface area (Å²) in [6.45, 7) is 5.95. The van der Waals surface area contributed by atoms with Crippen molar-refractivity contribution in [3.05, 3.63) is 76.6 Å². The zero-order valence-corrected chi connectivity index (χ0v) is 24.7. The number of hydrogen-bond donors (Lipinski definition) is 2. The van der Waals surface area contributed by atoms with Gasteiger partial charge in [0.2, 0.25) is 0 Å². The summed E-state index contributed by atoms with van der Waals surface area (Å²) < 4.78 is 37.1. The second-order valence-corrected chi connectivity index (χ2v) is 10.4. The topological polar surface area (TPSA) is 72.4 Å². The predicted octanol–water partition coefficient (Wildman–Crippen LogP) is 5.85. The van der Waals surface area contributed by atoms with Crippen LogP contribution in [-0.2, 0) is 24.1 Å². The van der Waals surface area contributed by atoms with Crippen LogP contribution in [0.4, 0.5) is 10.1 Å². The number of ether oxygens (including phenoxy) is 4. The van der Waals surface area contributed by atoms with Gasteiger partial charge in [0.25, 0.3) is 0 Å². The van der Waals surface area contributed by atoms with E-state index < -0.39 is 0 Å². The van der Waals surface area contributed by atoms with E-state index in [4.69, 9.17) is 18.9 Å². The highest BCUT2D eigenvalue weighted by Crippen LogP contribution is 2.43. The number of phenols is 1. The first-order valence-electron chi connectivity index (χ1n) is 14.4. The zero-order chi connectivity index (χ0) is 29.2. The van der Waals surface area contributed by atoms with Crippen molar-refractivity contribution >= 4 is 5.69 Å². The fourth-order valence-corrected chi connectivity index (χ4v) is 5.54. The standard InChI is InChI=1S/C33H43FN2O5/c1-5-36(22-23-7-12-31(29(34)17-23)41-16-14-35-13-6-15-38-2)30-21-33(40-4)32(39-3)20-28(30)26-9-8-25-19-27(37)11-10-24(25)18-26/h7,10-12,17,19-21,26,35,37H,5-6,8-9,13-16,18,22H2,1-4H3. The highest BCUT2D eigenvalue weighted by Gasteiger charge is 2.26. The lowest BCUT2D eigenvalue weighted by Crippen LogP contribution is -2.25. The minimum Gasteiger partial charge on any atom is -0.508 e. The van der Waals surface area contributed by atoms with E-state index in [0.717, 1.165) is 50.0 Å². The zero-order valence-electron chi connectivity index (χ0n) is 24.7. The molecule has 222 valence electrons. The van der Waals surface area contributed by atoms with Crippen molar-refractivity contribution < 1.29 is 28.4 Å². The number of aryl methyl sites for hydroxylation is 1. The highest BCUT2D eigenvalue weighted by atomic mass is 19.1. The molecule has 41 heavy (non-hydrogen) atoms. The second kappa shape index (κ2) is 14.9. The van der Waals surface area contributed by atoms with E-state index in [9.17, 15) is 5.11 Å². The van der Waals surface area contributed by atoms with Crippen molar-refractivity contribution in [1.29, 1.82) is 0 Å². The molecule has 8 heteroatoms. The highest BCUT2D eigenvalue weighted by molar-refractivity contribution is 5.64. The van der Waals surface area contributed by atoms with Gasteiger partial charge in [0.1, 0.15) is 12.4 Å². The molecule has 0 bridgehead atoms. The summed E-state index contributed by atoms with van der Waals surface area (Å²) in [7, 11) is 4.98. The molecule has 0 aromatic heterocycles. The summed E-state index contributed by atoms with van der Waals surface area (Å²) in [5.41, 5.74) is 5.56. The lowest BCUT2D eigenvalue weighted by Gasteiger charge is -2.32. The number of hydrogen-bond acceptors (Lipinski definition) is 7. The Morgan fingerprint density at radius 3 is 2.46 bits per heavy atom. The molecule has 0 aliphatic heterocycles. The molecular formula is C33H43FN2O5. The van der Waals surface area contributed by atoms with E-state index in [1.807, 2.05) is 24.3 Å². The molecule has 0 saturated carbocycles. The van der Waals surface area contributed by atoms with Crippen molar-refractivity contribution in [3.63, 3.8) is 0 Å². The Labute approximate surface area is 243 Å². The molecule has 0 amide bonds. The largest absolute Gasteiger partial charge is 0.508 e. The summed E-state index contributed by atoms with van der Waals surface area (Å²) in [4.78, 5) is 2.25. The van der Waals surface area contributed by atoms with Crippen molar-refractivity contribution in [2.45, 2.75) is 45.1 Å². The van der Waals surface area contributed by atoms with Gasteiger partial charge in [-0.15, -0.1) is 0 Å². The van der Waals surface area contributed by atoms with Gasteiger partial charge in [0, 0.05) is 45.1 Å². The smallest absolute Gasteiger partial charge is 0.165 e. The molecule has 1 atom stereocenters. The monoisotopic (exact) mass is 566 g/mol. The van der Waals surface area contributed by atoms with E-state index >= 15 is 4.39 Å². The van der Waals surface area contributed by atoms with Crippen LogP contribution in [0, 0.1) is 5.82 Å². The molecule has 3 aromatic carbocycles. The molecule has 3 aromatic rings. The van der Waals surface area contributed by atoms with E-state index in [-0.39, 0.29) is 17.5 Å². The number of methoxy groups -OCH3 is 3. The maximum absolute atomic E-state index is 15.0. The molecule has 4 rings (SSSR count). The van der Waals surface area contributed by atoms with E-state index in [0.29, 0.717) is 43.6 Å². The van der Waals surface area contributed by atoms with E-state index in [1.165, 1.54) is 16.7 Å². The van der Waals surface area contributed by atoms with Crippen LogP contribution < -0.4 is 24.4 Å². The molecule has 2 N–H and O–H groups in total. The molecule has 1 aliphatic carbocycles. The van der Waals surface area contributed by atoms with Gasteiger partial charge in [-0.05, 0) is 97.7 Å². The van der Waals surface area contributed by atoms with Crippen LogP contribution in [0.15, 0.2) is 48.5 Å². The first-order chi connectivity index (χ1) is 20.0. The van der Waals surface area contributed by atoms with Crippen LogP contribution in [0.25, 0.3) is 0 Å². The Bertz CT molecular complexity index is 1280. The first-order valence-corrected chi connectivity index (χ1v) is 14.4. The molecule has 7 nitrogen and oxygen atoms in total. The SMILES string of the molecule is CCN(Cc1ccc(OCCNCCCOC)c(F)c1)c1cc(OC)c(OC)cc1C1CCc2cc(O)ccc2C1. The molecule has 0 radical (unpaired) electrons. The summed E-state index contributed by atoms with van der Waals surface area (Å²) in [5, 5.41) is 13.2. The molecule has 1 unspecified atom stereocenters. The van der Waals surface area contributed by atoms with Gasteiger partial charge in [0.05, 0.1) is 14.2 Å². The number of nitrogens with zero attached hydrogens (tertiary/aromatic N) is 1. The average Bonchev–Trinajstić information content (AvgIpc) is 2.99. The van der Waals surface area contributed by atoms with Crippen molar-refractivity contribution in [2.75, 3.05) is 59.1 Å². The van der Waals surface area contributed by atoms with Crippen LogP contribution in [-0.4, -0.2) is 59.3 Å². The second-order valence-electron chi connectivity index (χ2n) is 10.4. The van der Waals surface area contributed by atoms with Crippen LogP contribution in [0.1, 0.15) is 47.9 Å². The van der Waals surface area contributed by atoms with E-state index in [1.54, 1.807) is 39.5 Å². The summed E-state index contributed by atoms with van der Waals surface area (Å²) in [6.07, 6.45) is 3.65. The summed E-state index contributed by atoms with van der Waals surface area (Å²) in [5.74, 6) is 1.83. The number of rotatable bonds is 15. The van der Waals surface area contributed by atoms with Gasteiger partial charge in [-0.2, -0.15) is 0 Å². The molecule has 0 heterocycles. The van der Waals surface area contributed by atoms with Gasteiger partial charge >= 0.3 is 0 Å². The van der Waals surface area contributed by atoms with Crippen LogP contribution in [0.2, 0.25) is 0 Å². The van der Waals surface area contributed by atoms with Gasteiger partial charge in [-0.1, -0.05) is 12.1 Å². The third-order valence-corrected chi connectivity index (χ3v) is 7.72. The quantitative estimate of drug-likeness (QED) is 0.224. The molecule has 0 fully saturated rings. The fraction of sp³-hybridized carbons (Fsp3) is 0.455. The number of halogens is 1. The molecule has 0 spiro atoms. The number of phenolic OH excluding ortho intramolecular Hbond substituents is 1. The van der Waals surface area contributed by atoms with Crippen LogP contribution in [0.5, 0.6) is 23.0 Å². The number of anilines is 1. The van der Waals surface area contributed by atoms with E-state index in [2.05, 4.69) is 23.2 Å². The van der Waals surface area contributed by atoms with Gasteiger partial charge < -0.3 is 34.3 Å². The molecule has 0 saturated heterocycles. The van der Waals surface area contributed by atoms with Crippen LogP contribution in [0.3, 0.4) is 0 Å². The minimum absolute atomic E-state index is 0.259. The average molecular weight is 567 g/mol. The lowest BCUT2D eigenvalue weighted by atomic mass is 9.79. The molecular weight excluding hydrogens is 523 g/mol. The van der Waals surface area contributed by atoms with Gasteiger partial charge in [0.15, 0.2) is 23.1 Å². The van der Waals surface area contributed by atoms with Crippen molar-refractivity contribution in [3.8, 4) is 23.0 Å². The maximum atomic E-state index is 15.0. The number of aromatic hydroxyl groups is 1. The Morgan fingerprint density at radius 2 is 1.73 bits per heavy atom. The van der Waals surface area contributed by atoms with Crippen LogP contribution >= 0.6 is 0 Å². The van der Waals surface area contributed by atoms with Gasteiger partial charge in [-0.3, -0.25) is 0 Å². The Morgan fingerprint density at radius 1 is 0.927 bits per heavy atom. The minimum atomic E-state index is -0.363. The Hall–Kier alpha value is -3.49.